The van der Waals surface area contributed by atoms with Gasteiger partial charge in [-0.25, -0.2) is 5.48 Å². The summed E-state index contributed by atoms with van der Waals surface area (Å²) < 4.78 is 0. The molecule has 0 aromatic heterocycles. The predicted molar refractivity (Wildman–Crippen MR) is 79.2 cm³/mol. The summed E-state index contributed by atoms with van der Waals surface area (Å²) in [7, 11) is 0. The maximum absolute atomic E-state index is 11.0. The fourth-order valence-corrected chi connectivity index (χ4v) is 1.80. The van der Waals surface area contributed by atoms with Gasteiger partial charge in [-0.1, -0.05) is 48.5 Å². The Morgan fingerprint density at radius 3 is 2.50 bits per heavy atom. The summed E-state index contributed by atoms with van der Waals surface area (Å²) in [4.78, 5) is 11.0. The second-order valence-electron chi connectivity index (χ2n) is 4.24. The van der Waals surface area contributed by atoms with Crippen molar-refractivity contribution in [2.75, 3.05) is 5.32 Å². The molecule has 0 aliphatic heterocycles. The van der Waals surface area contributed by atoms with E-state index in [-0.39, 0.29) is 0 Å². The van der Waals surface area contributed by atoms with Crippen LogP contribution in [-0.2, 0) is 11.3 Å². The van der Waals surface area contributed by atoms with Crippen molar-refractivity contribution < 1.29 is 10.0 Å². The topological polar surface area (TPSA) is 61.4 Å². The highest BCUT2D eigenvalue weighted by Gasteiger charge is 1.99. The molecule has 0 heterocycles. The van der Waals surface area contributed by atoms with Crippen LogP contribution in [0.4, 0.5) is 5.69 Å². The standard InChI is InChI=1S/C16H16N2O2/c19-16(18-20)11-10-14-8-4-5-9-15(14)17-12-13-6-2-1-3-7-13/h1-11,17,20H,12H2,(H,18,19). The average molecular weight is 268 g/mol. The first-order valence-corrected chi connectivity index (χ1v) is 6.28. The molecule has 0 aliphatic carbocycles. The van der Waals surface area contributed by atoms with Crippen molar-refractivity contribution >= 4 is 17.7 Å². The number of hydrogen-bond donors (Lipinski definition) is 3. The summed E-state index contributed by atoms with van der Waals surface area (Å²) in [5, 5.41) is 11.8. The van der Waals surface area contributed by atoms with E-state index in [0.717, 1.165) is 11.3 Å². The van der Waals surface area contributed by atoms with Crippen molar-refractivity contribution in [3.8, 4) is 0 Å². The minimum absolute atomic E-state index is 0.553. The van der Waals surface area contributed by atoms with E-state index >= 15 is 0 Å². The molecule has 0 saturated carbocycles. The van der Waals surface area contributed by atoms with Crippen molar-refractivity contribution in [2.24, 2.45) is 0 Å². The Morgan fingerprint density at radius 1 is 1.05 bits per heavy atom. The molecule has 102 valence electrons. The Kier molecular flexibility index (Phi) is 4.92. The predicted octanol–water partition coefficient (Wildman–Crippen LogP) is 2.82. The lowest BCUT2D eigenvalue weighted by atomic mass is 10.1. The molecular formula is C16H16N2O2. The normalized spacial score (nSPS) is 10.4. The first-order valence-electron chi connectivity index (χ1n) is 6.28. The number of nitrogens with one attached hydrogen (secondary N) is 2. The molecule has 0 aliphatic rings. The Labute approximate surface area is 117 Å². The van der Waals surface area contributed by atoms with Gasteiger partial charge in [0.1, 0.15) is 0 Å². The largest absolute Gasteiger partial charge is 0.380 e. The zero-order chi connectivity index (χ0) is 14.2. The van der Waals surface area contributed by atoms with Gasteiger partial charge in [-0.2, -0.15) is 0 Å². The van der Waals surface area contributed by atoms with Crippen molar-refractivity contribution in [3.63, 3.8) is 0 Å². The van der Waals surface area contributed by atoms with Crippen LogP contribution in [0.25, 0.3) is 6.08 Å². The lowest BCUT2D eigenvalue weighted by molar-refractivity contribution is -0.124. The average Bonchev–Trinajstić information content (AvgIpc) is 2.52. The van der Waals surface area contributed by atoms with Crippen LogP contribution in [0.5, 0.6) is 0 Å². The van der Waals surface area contributed by atoms with Gasteiger partial charge in [0.05, 0.1) is 0 Å². The number of hydroxylamine groups is 1. The first kappa shape index (κ1) is 13.8. The van der Waals surface area contributed by atoms with Gasteiger partial charge in [0.2, 0.25) is 0 Å². The Balaban J connectivity index is 2.08. The number of amides is 1. The van der Waals surface area contributed by atoms with Crippen LogP contribution >= 0.6 is 0 Å². The van der Waals surface area contributed by atoms with E-state index in [2.05, 4.69) is 5.32 Å². The van der Waals surface area contributed by atoms with E-state index in [1.807, 2.05) is 54.6 Å². The molecule has 0 spiro atoms. The summed E-state index contributed by atoms with van der Waals surface area (Å²) in [6.45, 7) is 0.706. The SMILES string of the molecule is O=C(C=Cc1ccccc1NCc1ccccc1)NO. The summed E-state index contributed by atoms with van der Waals surface area (Å²) in [6.07, 6.45) is 2.93. The Hall–Kier alpha value is -2.59. The number of hydrogen-bond acceptors (Lipinski definition) is 3. The van der Waals surface area contributed by atoms with Crippen LogP contribution in [0.2, 0.25) is 0 Å². The summed E-state index contributed by atoms with van der Waals surface area (Å²) in [5.74, 6) is -0.553. The molecule has 0 fully saturated rings. The highest BCUT2D eigenvalue weighted by Crippen LogP contribution is 2.17. The summed E-state index contributed by atoms with van der Waals surface area (Å²) in [6, 6.07) is 17.7. The van der Waals surface area contributed by atoms with Crippen LogP contribution < -0.4 is 10.8 Å². The van der Waals surface area contributed by atoms with Crippen molar-refractivity contribution in [1.29, 1.82) is 0 Å². The third kappa shape index (κ3) is 3.96. The molecule has 2 aromatic carbocycles. The molecule has 2 aromatic rings. The second-order valence-corrected chi connectivity index (χ2v) is 4.24. The molecular weight excluding hydrogens is 252 g/mol. The Bertz CT molecular complexity index is 594. The molecule has 0 unspecified atom stereocenters. The van der Waals surface area contributed by atoms with E-state index < -0.39 is 5.91 Å². The third-order valence-corrected chi connectivity index (χ3v) is 2.81. The monoisotopic (exact) mass is 268 g/mol. The smallest absolute Gasteiger partial charge is 0.267 e. The van der Waals surface area contributed by atoms with E-state index in [1.165, 1.54) is 11.6 Å². The molecule has 20 heavy (non-hydrogen) atoms. The number of anilines is 1. The van der Waals surface area contributed by atoms with Crippen LogP contribution in [0.3, 0.4) is 0 Å². The highest BCUT2D eigenvalue weighted by atomic mass is 16.5. The van der Waals surface area contributed by atoms with E-state index in [0.29, 0.717) is 6.54 Å². The fourth-order valence-electron chi connectivity index (χ4n) is 1.80. The van der Waals surface area contributed by atoms with Crippen molar-refractivity contribution in [1.82, 2.24) is 5.48 Å². The zero-order valence-corrected chi connectivity index (χ0v) is 10.9. The number of benzene rings is 2. The molecule has 0 radical (unpaired) electrons. The maximum Gasteiger partial charge on any atom is 0.267 e. The van der Waals surface area contributed by atoms with Crippen LogP contribution in [0.15, 0.2) is 60.7 Å². The van der Waals surface area contributed by atoms with Crippen molar-refractivity contribution in [2.45, 2.75) is 6.54 Å². The van der Waals surface area contributed by atoms with E-state index in [9.17, 15) is 4.79 Å². The third-order valence-electron chi connectivity index (χ3n) is 2.81. The van der Waals surface area contributed by atoms with Gasteiger partial charge >= 0.3 is 0 Å². The number of rotatable bonds is 5. The molecule has 3 N–H and O–H groups in total. The van der Waals surface area contributed by atoms with Gasteiger partial charge in [0.25, 0.3) is 5.91 Å². The van der Waals surface area contributed by atoms with Gasteiger partial charge in [0, 0.05) is 18.3 Å². The molecule has 0 atom stereocenters. The van der Waals surface area contributed by atoms with Gasteiger partial charge in [-0.15, -0.1) is 0 Å². The Morgan fingerprint density at radius 2 is 1.75 bits per heavy atom. The molecule has 2 rings (SSSR count). The summed E-state index contributed by atoms with van der Waals surface area (Å²) >= 11 is 0. The van der Waals surface area contributed by atoms with E-state index in [4.69, 9.17) is 5.21 Å². The van der Waals surface area contributed by atoms with Gasteiger partial charge < -0.3 is 5.32 Å². The quantitative estimate of drug-likeness (QED) is 0.444. The molecule has 4 nitrogen and oxygen atoms in total. The van der Waals surface area contributed by atoms with Gasteiger partial charge in [0.15, 0.2) is 0 Å². The lowest BCUT2D eigenvalue weighted by Crippen LogP contribution is -2.14. The first-order chi connectivity index (χ1) is 9.79. The number of para-hydroxylation sites is 1. The molecule has 0 bridgehead atoms. The molecule has 0 saturated heterocycles. The van der Waals surface area contributed by atoms with Gasteiger partial charge in [-0.05, 0) is 23.3 Å². The highest BCUT2D eigenvalue weighted by molar-refractivity contribution is 5.91. The van der Waals surface area contributed by atoms with Crippen LogP contribution in [-0.4, -0.2) is 11.1 Å². The zero-order valence-electron chi connectivity index (χ0n) is 10.9. The minimum atomic E-state index is -0.553. The number of carbonyl (C=O) groups excluding carboxylic acids is 1. The maximum atomic E-state index is 11.0. The van der Waals surface area contributed by atoms with Crippen LogP contribution in [0.1, 0.15) is 11.1 Å². The second kappa shape index (κ2) is 7.11. The summed E-state index contributed by atoms with van der Waals surface area (Å²) in [5.41, 5.74) is 4.56. The lowest BCUT2D eigenvalue weighted by Gasteiger charge is -2.09. The van der Waals surface area contributed by atoms with E-state index in [1.54, 1.807) is 11.6 Å². The fraction of sp³-hybridized carbons (Fsp3) is 0.0625. The molecule has 4 heteroatoms. The van der Waals surface area contributed by atoms with Crippen LogP contribution in [0, 0.1) is 0 Å². The van der Waals surface area contributed by atoms with Crippen molar-refractivity contribution in [3.05, 3.63) is 71.8 Å². The molecule has 1 amide bonds. The minimum Gasteiger partial charge on any atom is -0.380 e. The number of carbonyl (C=O) groups is 1. The van der Waals surface area contributed by atoms with Gasteiger partial charge in [-0.3, -0.25) is 10.0 Å².